The van der Waals surface area contributed by atoms with Crippen LogP contribution in [0.25, 0.3) is 0 Å². The Morgan fingerprint density at radius 2 is 2.18 bits per heavy atom. The summed E-state index contributed by atoms with van der Waals surface area (Å²) in [6.07, 6.45) is 7.03. The van der Waals surface area contributed by atoms with Gasteiger partial charge < -0.3 is 9.64 Å². The third-order valence-electron chi connectivity index (χ3n) is 4.30. The molecule has 1 aliphatic rings. The molecule has 1 aromatic rings. The Kier molecular flexibility index (Phi) is 6.24. The molecule has 1 heterocycles. The molecule has 0 saturated heterocycles. The first-order valence-electron chi connectivity index (χ1n) is 8.09. The van der Waals surface area contributed by atoms with Gasteiger partial charge in [0.1, 0.15) is 6.10 Å². The van der Waals surface area contributed by atoms with E-state index in [1.807, 2.05) is 31.3 Å². The number of aromatic nitrogens is 1. The maximum atomic E-state index is 6.16. The molecule has 1 fully saturated rings. The smallest absolute Gasteiger partial charge is 0.228 e. The van der Waals surface area contributed by atoms with Crippen molar-refractivity contribution in [3.63, 3.8) is 0 Å². The van der Waals surface area contributed by atoms with E-state index in [0.717, 1.165) is 28.8 Å². The summed E-state index contributed by atoms with van der Waals surface area (Å²) in [6.45, 7) is 7.26. The molecule has 0 radical (unpaired) electrons. The van der Waals surface area contributed by atoms with Gasteiger partial charge in [0.2, 0.25) is 5.88 Å². The SMILES string of the molecule is CCN(C)/C=N/c1cc(Br)c(O[C@H]2CCCC[C@@H]2C)nc1C. The summed E-state index contributed by atoms with van der Waals surface area (Å²) in [5, 5.41) is 0. The fraction of sp³-hybridized carbons (Fsp3) is 0.647. The summed E-state index contributed by atoms with van der Waals surface area (Å²) in [5.74, 6) is 1.29. The summed E-state index contributed by atoms with van der Waals surface area (Å²) in [4.78, 5) is 11.1. The number of halogens is 1. The van der Waals surface area contributed by atoms with E-state index in [2.05, 4.69) is 39.8 Å². The van der Waals surface area contributed by atoms with Crippen molar-refractivity contribution in [2.24, 2.45) is 10.9 Å². The van der Waals surface area contributed by atoms with Crippen molar-refractivity contribution >= 4 is 28.0 Å². The van der Waals surface area contributed by atoms with Gasteiger partial charge in [0, 0.05) is 13.6 Å². The molecular formula is C17H26BrN3O. The Balaban J connectivity index is 2.13. The highest BCUT2D eigenvalue weighted by Crippen LogP contribution is 2.33. The molecule has 0 bridgehead atoms. The van der Waals surface area contributed by atoms with Crippen LogP contribution >= 0.6 is 15.9 Å². The van der Waals surface area contributed by atoms with E-state index in [-0.39, 0.29) is 6.10 Å². The zero-order valence-electron chi connectivity index (χ0n) is 14.0. The van der Waals surface area contributed by atoms with Crippen molar-refractivity contribution in [2.75, 3.05) is 13.6 Å². The van der Waals surface area contributed by atoms with Gasteiger partial charge in [-0.3, -0.25) is 0 Å². The molecule has 0 aliphatic heterocycles. The fourth-order valence-electron chi connectivity index (χ4n) is 2.61. The minimum absolute atomic E-state index is 0.275. The summed E-state index contributed by atoms with van der Waals surface area (Å²) in [6, 6.07) is 1.99. The first-order chi connectivity index (χ1) is 10.5. The second-order valence-electron chi connectivity index (χ2n) is 6.12. The number of rotatable bonds is 5. The van der Waals surface area contributed by atoms with E-state index in [1.165, 1.54) is 19.3 Å². The van der Waals surface area contributed by atoms with Crippen molar-refractivity contribution in [1.29, 1.82) is 0 Å². The highest BCUT2D eigenvalue weighted by Gasteiger charge is 2.24. The quantitative estimate of drug-likeness (QED) is 0.557. The van der Waals surface area contributed by atoms with Crippen LogP contribution in [0.2, 0.25) is 0 Å². The Morgan fingerprint density at radius 3 is 2.86 bits per heavy atom. The Hall–Kier alpha value is -1.10. The van der Waals surface area contributed by atoms with E-state index >= 15 is 0 Å². The second-order valence-corrected chi connectivity index (χ2v) is 6.97. The van der Waals surface area contributed by atoms with Gasteiger partial charge in [0.25, 0.3) is 0 Å². The largest absolute Gasteiger partial charge is 0.473 e. The third kappa shape index (κ3) is 4.45. The molecule has 22 heavy (non-hydrogen) atoms. The number of hydrogen-bond donors (Lipinski definition) is 0. The highest BCUT2D eigenvalue weighted by atomic mass is 79.9. The van der Waals surface area contributed by atoms with E-state index in [0.29, 0.717) is 11.8 Å². The fourth-order valence-corrected chi connectivity index (χ4v) is 3.00. The number of ether oxygens (including phenoxy) is 1. The summed E-state index contributed by atoms with van der Waals surface area (Å²) in [5.41, 5.74) is 1.76. The molecular weight excluding hydrogens is 342 g/mol. The van der Waals surface area contributed by atoms with Gasteiger partial charge in [-0.05, 0) is 61.0 Å². The van der Waals surface area contributed by atoms with Crippen LogP contribution in [0.3, 0.4) is 0 Å². The Labute approximate surface area is 142 Å². The summed E-state index contributed by atoms with van der Waals surface area (Å²) < 4.78 is 7.04. The molecule has 0 amide bonds. The Morgan fingerprint density at radius 1 is 1.45 bits per heavy atom. The van der Waals surface area contributed by atoms with Crippen molar-refractivity contribution in [3.8, 4) is 5.88 Å². The molecule has 5 heteroatoms. The Bertz CT molecular complexity index is 533. The molecule has 122 valence electrons. The van der Waals surface area contributed by atoms with Gasteiger partial charge in [-0.15, -0.1) is 0 Å². The van der Waals surface area contributed by atoms with Gasteiger partial charge >= 0.3 is 0 Å². The van der Waals surface area contributed by atoms with Crippen LogP contribution in [-0.2, 0) is 0 Å². The monoisotopic (exact) mass is 367 g/mol. The predicted molar refractivity (Wildman–Crippen MR) is 95.2 cm³/mol. The number of aryl methyl sites for hydroxylation is 1. The number of nitrogens with zero attached hydrogens (tertiary/aromatic N) is 3. The number of hydrogen-bond acceptors (Lipinski definition) is 3. The molecule has 0 unspecified atom stereocenters. The van der Waals surface area contributed by atoms with E-state index in [1.54, 1.807) is 0 Å². The normalized spacial score (nSPS) is 22.0. The average molecular weight is 368 g/mol. The maximum Gasteiger partial charge on any atom is 0.228 e. The van der Waals surface area contributed by atoms with Crippen LogP contribution in [-0.4, -0.2) is 35.9 Å². The van der Waals surface area contributed by atoms with Crippen LogP contribution in [0.15, 0.2) is 15.5 Å². The molecule has 1 aliphatic carbocycles. The van der Waals surface area contributed by atoms with Gasteiger partial charge in [-0.1, -0.05) is 13.3 Å². The predicted octanol–water partition coefficient (Wildman–Crippen LogP) is 4.72. The molecule has 2 rings (SSSR count). The lowest BCUT2D eigenvalue weighted by Gasteiger charge is -2.29. The molecule has 4 nitrogen and oxygen atoms in total. The lowest BCUT2D eigenvalue weighted by Crippen LogP contribution is -2.28. The van der Waals surface area contributed by atoms with Crippen molar-refractivity contribution in [3.05, 3.63) is 16.2 Å². The average Bonchev–Trinajstić information content (AvgIpc) is 2.51. The van der Waals surface area contributed by atoms with Gasteiger partial charge in [0.15, 0.2) is 0 Å². The van der Waals surface area contributed by atoms with Crippen LogP contribution in [0.5, 0.6) is 5.88 Å². The second kappa shape index (κ2) is 7.95. The number of pyridine rings is 1. The zero-order chi connectivity index (χ0) is 16.1. The van der Waals surface area contributed by atoms with Crippen LogP contribution in [0.4, 0.5) is 5.69 Å². The van der Waals surface area contributed by atoms with Crippen molar-refractivity contribution in [1.82, 2.24) is 9.88 Å². The first-order valence-corrected chi connectivity index (χ1v) is 8.88. The molecule has 1 aromatic heterocycles. The third-order valence-corrected chi connectivity index (χ3v) is 4.86. The molecule has 2 atom stereocenters. The van der Waals surface area contributed by atoms with Crippen molar-refractivity contribution in [2.45, 2.75) is 52.6 Å². The van der Waals surface area contributed by atoms with Gasteiger partial charge in [-0.25, -0.2) is 9.98 Å². The van der Waals surface area contributed by atoms with Gasteiger partial charge in [0.05, 0.1) is 22.2 Å². The van der Waals surface area contributed by atoms with E-state index in [9.17, 15) is 0 Å². The minimum atomic E-state index is 0.275. The van der Waals surface area contributed by atoms with Crippen molar-refractivity contribution < 1.29 is 4.74 Å². The first kappa shape index (κ1) is 17.3. The van der Waals surface area contributed by atoms with Gasteiger partial charge in [-0.2, -0.15) is 0 Å². The lowest BCUT2D eigenvalue weighted by atomic mass is 9.88. The number of aliphatic imine (C=N–C) groups is 1. The highest BCUT2D eigenvalue weighted by molar-refractivity contribution is 9.10. The molecule has 0 spiro atoms. The van der Waals surface area contributed by atoms with Crippen LogP contribution in [0.1, 0.15) is 45.2 Å². The zero-order valence-corrected chi connectivity index (χ0v) is 15.6. The summed E-state index contributed by atoms with van der Waals surface area (Å²) >= 11 is 3.58. The van der Waals surface area contributed by atoms with E-state index in [4.69, 9.17) is 4.74 Å². The summed E-state index contributed by atoms with van der Waals surface area (Å²) in [7, 11) is 2.00. The lowest BCUT2D eigenvalue weighted by molar-refractivity contribution is 0.0966. The maximum absolute atomic E-state index is 6.16. The minimum Gasteiger partial charge on any atom is -0.473 e. The molecule has 0 N–H and O–H groups in total. The van der Waals surface area contributed by atoms with Crippen LogP contribution in [0, 0.1) is 12.8 Å². The molecule has 0 aromatic carbocycles. The topological polar surface area (TPSA) is 37.7 Å². The molecule has 1 saturated carbocycles. The van der Waals surface area contributed by atoms with E-state index < -0.39 is 0 Å². The van der Waals surface area contributed by atoms with Crippen LogP contribution < -0.4 is 4.74 Å². The standard InChI is InChI=1S/C17H26BrN3O/c1-5-21(4)11-19-15-10-14(18)17(20-13(15)3)22-16-9-7-6-8-12(16)2/h10-12,16H,5-9H2,1-4H3/b19-11+/t12-,16-/m0/s1.